The third kappa shape index (κ3) is 4.03. The van der Waals surface area contributed by atoms with Crippen molar-refractivity contribution in [3.8, 4) is 5.82 Å². The average molecular weight is 452 g/mol. The summed E-state index contributed by atoms with van der Waals surface area (Å²) in [7, 11) is 0. The van der Waals surface area contributed by atoms with Crippen LogP contribution in [0.4, 0.5) is 11.5 Å². The lowest BCUT2D eigenvalue weighted by Crippen LogP contribution is -2.51. The van der Waals surface area contributed by atoms with Crippen molar-refractivity contribution in [2.24, 2.45) is 5.92 Å². The Kier molecular flexibility index (Phi) is 5.48. The number of amides is 2. The van der Waals surface area contributed by atoms with E-state index in [-0.39, 0.29) is 24.2 Å². The van der Waals surface area contributed by atoms with Crippen LogP contribution in [-0.2, 0) is 9.59 Å². The van der Waals surface area contributed by atoms with E-state index < -0.39 is 0 Å². The fourth-order valence-corrected chi connectivity index (χ4v) is 4.32. The number of carbonyl (C=O) groups excluding carboxylic acids is 2. The lowest BCUT2D eigenvalue weighted by atomic mass is 10.1. The molecule has 164 valence electrons. The molecule has 0 aliphatic carbocycles. The Hall–Kier alpha value is -3.46. The van der Waals surface area contributed by atoms with E-state index in [0.29, 0.717) is 43.6 Å². The predicted molar refractivity (Wildman–Crippen MR) is 120 cm³/mol. The third-order valence-electron chi connectivity index (χ3n) is 5.91. The van der Waals surface area contributed by atoms with Gasteiger partial charge in [0.15, 0.2) is 5.82 Å². The van der Waals surface area contributed by atoms with E-state index >= 15 is 0 Å². The van der Waals surface area contributed by atoms with Crippen LogP contribution < -0.4 is 9.80 Å². The fourth-order valence-electron chi connectivity index (χ4n) is 4.20. The van der Waals surface area contributed by atoms with Crippen molar-refractivity contribution >= 4 is 34.9 Å². The van der Waals surface area contributed by atoms with Crippen LogP contribution in [0.5, 0.6) is 0 Å². The molecule has 0 spiro atoms. The van der Waals surface area contributed by atoms with E-state index in [0.717, 1.165) is 11.5 Å². The van der Waals surface area contributed by atoms with Gasteiger partial charge in [-0.25, -0.2) is 14.6 Å². The second-order valence-electron chi connectivity index (χ2n) is 7.88. The molecular formula is C22H22ClN7O2. The van der Waals surface area contributed by atoms with Crippen molar-refractivity contribution in [3.63, 3.8) is 0 Å². The molecule has 10 heteroatoms. The first-order valence-corrected chi connectivity index (χ1v) is 10.9. The first kappa shape index (κ1) is 20.4. The third-order valence-corrected chi connectivity index (χ3v) is 6.16. The molecule has 2 aliphatic heterocycles. The van der Waals surface area contributed by atoms with Gasteiger partial charge in [0.05, 0.1) is 5.92 Å². The predicted octanol–water partition coefficient (Wildman–Crippen LogP) is 2.02. The van der Waals surface area contributed by atoms with Gasteiger partial charge in [-0.15, -0.1) is 0 Å². The Balaban J connectivity index is 1.20. The lowest BCUT2D eigenvalue weighted by molar-refractivity contribution is -0.136. The molecule has 1 unspecified atom stereocenters. The Morgan fingerprint density at radius 1 is 1.03 bits per heavy atom. The average Bonchev–Trinajstić information content (AvgIpc) is 3.50. The van der Waals surface area contributed by atoms with Crippen molar-refractivity contribution in [2.75, 3.05) is 42.5 Å². The van der Waals surface area contributed by atoms with Crippen molar-refractivity contribution < 1.29 is 9.59 Å². The van der Waals surface area contributed by atoms with Gasteiger partial charge in [0, 0.05) is 68.3 Å². The summed E-state index contributed by atoms with van der Waals surface area (Å²) in [4.78, 5) is 39.9. The fraction of sp³-hybridized carbons (Fsp3) is 0.318. The van der Waals surface area contributed by atoms with Crippen LogP contribution in [0.15, 0.2) is 55.1 Å². The number of hydrogen-bond acceptors (Lipinski definition) is 6. The van der Waals surface area contributed by atoms with E-state index in [2.05, 4.69) is 20.0 Å². The van der Waals surface area contributed by atoms with Gasteiger partial charge >= 0.3 is 0 Å². The highest BCUT2D eigenvalue weighted by Gasteiger charge is 2.38. The number of piperazine rings is 1. The van der Waals surface area contributed by atoms with Gasteiger partial charge in [0.1, 0.15) is 12.1 Å². The largest absolute Gasteiger partial charge is 0.353 e. The molecule has 4 heterocycles. The minimum absolute atomic E-state index is 0.0311. The number of halogens is 1. The molecule has 2 aliphatic rings. The van der Waals surface area contributed by atoms with Crippen molar-refractivity contribution in [1.29, 1.82) is 0 Å². The van der Waals surface area contributed by atoms with Crippen LogP contribution in [0.25, 0.3) is 5.82 Å². The molecule has 5 rings (SSSR count). The molecule has 32 heavy (non-hydrogen) atoms. The Morgan fingerprint density at radius 3 is 2.50 bits per heavy atom. The maximum Gasteiger partial charge on any atom is 0.228 e. The summed E-state index contributed by atoms with van der Waals surface area (Å²) in [6, 6.07) is 10.9. The summed E-state index contributed by atoms with van der Waals surface area (Å²) < 4.78 is 1.69. The zero-order chi connectivity index (χ0) is 22.1. The van der Waals surface area contributed by atoms with Crippen LogP contribution >= 0.6 is 11.6 Å². The van der Waals surface area contributed by atoms with Crippen LogP contribution in [0.2, 0.25) is 5.02 Å². The van der Waals surface area contributed by atoms with Gasteiger partial charge in [-0.2, -0.15) is 5.10 Å². The molecule has 1 aromatic carbocycles. The Labute approximate surface area is 190 Å². The maximum absolute atomic E-state index is 13.1. The van der Waals surface area contributed by atoms with Crippen LogP contribution in [0.3, 0.4) is 0 Å². The van der Waals surface area contributed by atoms with E-state index in [9.17, 15) is 9.59 Å². The zero-order valence-electron chi connectivity index (χ0n) is 17.3. The number of anilines is 2. The minimum atomic E-state index is -0.324. The van der Waals surface area contributed by atoms with Gasteiger partial charge in [0.2, 0.25) is 11.8 Å². The van der Waals surface area contributed by atoms with Crippen molar-refractivity contribution in [3.05, 3.63) is 60.1 Å². The smallest absolute Gasteiger partial charge is 0.228 e. The summed E-state index contributed by atoms with van der Waals surface area (Å²) in [6.07, 6.45) is 5.30. The molecule has 0 N–H and O–H groups in total. The number of rotatable bonds is 4. The Morgan fingerprint density at radius 2 is 1.78 bits per heavy atom. The summed E-state index contributed by atoms with van der Waals surface area (Å²) in [5.74, 6) is 1.19. The molecule has 2 aromatic heterocycles. The first-order chi connectivity index (χ1) is 15.6. The molecular weight excluding hydrogens is 430 g/mol. The van der Waals surface area contributed by atoms with E-state index in [4.69, 9.17) is 11.6 Å². The van der Waals surface area contributed by atoms with Crippen molar-refractivity contribution in [1.82, 2.24) is 24.6 Å². The zero-order valence-corrected chi connectivity index (χ0v) is 18.1. The monoisotopic (exact) mass is 451 g/mol. The lowest BCUT2D eigenvalue weighted by Gasteiger charge is -2.36. The standard InChI is InChI=1S/C22H22ClN7O2/c23-17-2-4-18(5-3-17)29-14-16(12-21(29)31)22(32)28-10-8-27(9-11-28)19-13-20(25-15-24-19)30-7-1-6-26-30/h1-7,13,15-16H,8-12,14H2. The SMILES string of the molecule is O=C(C1CC(=O)N(c2ccc(Cl)cc2)C1)N1CCN(c2cc(-n3cccn3)ncn2)CC1. The normalized spacial score (nSPS) is 19.0. The molecule has 1 atom stereocenters. The minimum Gasteiger partial charge on any atom is -0.353 e. The van der Waals surface area contributed by atoms with Crippen LogP contribution in [0.1, 0.15) is 6.42 Å². The number of carbonyl (C=O) groups is 2. The molecule has 3 aromatic rings. The van der Waals surface area contributed by atoms with Gasteiger partial charge < -0.3 is 14.7 Å². The van der Waals surface area contributed by atoms with Gasteiger partial charge in [-0.3, -0.25) is 9.59 Å². The van der Waals surface area contributed by atoms with Gasteiger partial charge in [-0.05, 0) is 30.3 Å². The van der Waals surface area contributed by atoms with E-state index in [1.54, 1.807) is 27.9 Å². The quantitative estimate of drug-likeness (QED) is 0.603. The number of aromatic nitrogens is 4. The highest BCUT2D eigenvalue weighted by molar-refractivity contribution is 6.30. The van der Waals surface area contributed by atoms with Crippen LogP contribution in [0, 0.1) is 5.92 Å². The highest BCUT2D eigenvalue weighted by Crippen LogP contribution is 2.28. The summed E-state index contributed by atoms with van der Waals surface area (Å²) >= 11 is 5.95. The van der Waals surface area contributed by atoms with Gasteiger partial charge in [0.25, 0.3) is 0 Å². The maximum atomic E-state index is 13.1. The molecule has 2 saturated heterocycles. The molecule has 9 nitrogen and oxygen atoms in total. The highest BCUT2D eigenvalue weighted by atomic mass is 35.5. The van der Waals surface area contributed by atoms with Gasteiger partial charge in [-0.1, -0.05) is 11.6 Å². The second kappa shape index (κ2) is 8.58. The number of benzene rings is 1. The molecule has 2 fully saturated rings. The molecule has 2 amide bonds. The number of hydrogen-bond donors (Lipinski definition) is 0. The topological polar surface area (TPSA) is 87.5 Å². The summed E-state index contributed by atoms with van der Waals surface area (Å²) in [6.45, 7) is 2.92. The number of nitrogens with zero attached hydrogens (tertiary/aromatic N) is 7. The molecule has 0 radical (unpaired) electrons. The van der Waals surface area contributed by atoms with Crippen molar-refractivity contribution in [2.45, 2.75) is 6.42 Å². The Bertz CT molecular complexity index is 1110. The van der Waals surface area contributed by atoms with E-state index in [1.807, 2.05) is 35.4 Å². The van der Waals surface area contributed by atoms with E-state index in [1.165, 1.54) is 6.33 Å². The molecule has 0 saturated carbocycles. The second-order valence-corrected chi connectivity index (χ2v) is 8.32. The molecule has 0 bridgehead atoms. The first-order valence-electron chi connectivity index (χ1n) is 10.5. The summed E-state index contributed by atoms with van der Waals surface area (Å²) in [5, 5.41) is 4.82. The summed E-state index contributed by atoms with van der Waals surface area (Å²) in [5.41, 5.74) is 0.774. The van der Waals surface area contributed by atoms with Crippen LogP contribution in [-0.4, -0.2) is 69.2 Å².